The van der Waals surface area contributed by atoms with Gasteiger partial charge in [0.15, 0.2) is 0 Å². The normalized spacial score (nSPS) is 18.2. The molecule has 1 fully saturated rings. The molecule has 1 aromatic rings. The van der Waals surface area contributed by atoms with Crippen molar-refractivity contribution < 1.29 is 4.79 Å². The molecule has 19 heavy (non-hydrogen) atoms. The van der Waals surface area contributed by atoms with Crippen LogP contribution in [0.3, 0.4) is 0 Å². The van der Waals surface area contributed by atoms with Gasteiger partial charge in [-0.05, 0) is 37.3 Å². The number of carbonyl (C=O) groups is 1. The second kappa shape index (κ2) is 5.24. The number of nitrogens with one attached hydrogen (secondary N) is 1. The number of nitrogens with zero attached hydrogens (tertiary/aromatic N) is 1. The Labute approximate surface area is 116 Å². The molecule has 0 unspecified atom stereocenters. The highest BCUT2D eigenvalue weighted by atomic mass is 16.2. The van der Waals surface area contributed by atoms with E-state index in [4.69, 9.17) is 0 Å². The smallest absolute Gasteiger partial charge is 0.255 e. The third-order valence-electron chi connectivity index (χ3n) is 3.86. The van der Waals surface area contributed by atoms with E-state index in [9.17, 15) is 4.79 Å². The summed E-state index contributed by atoms with van der Waals surface area (Å²) in [5, 5.41) is 3.12. The van der Waals surface area contributed by atoms with Crippen molar-refractivity contribution in [1.82, 2.24) is 4.90 Å². The molecule has 1 aliphatic heterocycles. The zero-order valence-electron chi connectivity index (χ0n) is 12.4. The van der Waals surface area contributed by atoms with E-state index in [-0.39, 0.29) is 11.3 Å². The molecule has 2 rings (SSSR count). The van der Waals surface area contributed by atoms with E-state index in [0.29, 0.717) is 0 Å². The Bertz CT molecular complexity index is 480. The maximum Gasteiger partial charge on any atom is 0.255 e. The first-order valence-corrected chi connectivity index (χ1v) is 7.01. The molecule has 0 spiro atoms. The van der Waals surface area contributed by atoms with Gasteiger partial charge in [-0.1, -0.05) is 25.5 Å². The minimum atomic E-state index is 0.154. The fourth-order valence-corrected chi connectivity index (χ4v) is 2.82. The molecule has 1 amide bonds. The summed E-state index contributed by atoms with van der Waals surface area (Å²) in [6.45, 7) is 8.22. The summed E-state index contributed by atoms with van der Waals surface area (Å²) in [6.07, 6.45) is 2.29. The minimum Gasteiger partial charge on any atom is -0.387 e. The Kier molecular flexibility index (Phi) is 3.83. The number of anilines is 1. The first kappa shape index (κ1) is 13.9. The lowest BCUT2D eigenvalue weighted by Gasteiger charge is -2.38. The fraction of sp³-hybridized carbons (Fsp3) is 0.562. The van der Waals surface area contributed by atoms with Crippen molar-refractivity contribution >= 4 is 11.6 Å². The highest BCUT2D eigenvalue weighted by Crippen LogP contribution is 2.30. The lowest BCUT2D eigenvalue weighted by atomic mass is 9.84. The molecule has 0 radical (unpaired) electrons. The molecule has 104 valence electrons. The van der Waals surface area contributed by atoms with Crippen LogP contribution >= 0.6 is 0 Å². The predicted molar refractivity (Wildman–Crippen MR) is 79.6 cm³/mol. The number of rotatable bonds is 2. The van der Waals surface area contributed by atoms with Gasteiger partial charge in [0.1, 0.15) is 0 Å². The van der Waals surface area contributed by atoms with Gasteiger partial charge >= 0.3 is 0 Å². The fourth-order valence-electron chi connectivity index (χ4n) is 2.82. The summed E-state index contributed by atoms with van der Waals surface area (Å²) in [5.41, 5.74) is 3.06. The zero-order chi connectivity index (χ0) is 14.0. The van der Waals surface area contributed by atoms with E-state index in [1.807, 2.05) is 37.1 Å². The van der Waals surface area contributed by atoms with Crippen molar-refractivity contribution in [3.63, 3.8) is 0 Å². The van der Waals surface area contributed by atoms with Gasteiger partial charge in [0.05, 0.1) is 5.56 Å². The van der Waals surface area contributed by atoms with Crippen molar-refractivity contribution in [2.45, 2.75) is 33.6 Å². The molecule has 0 atom stereocenters. The number of carbonyl (C=O) groups excluding carboxylic acids is 1. The van der Waals surface area contributed by atoms with E-state index in [1.165, 1.54) is 6.42 Å². The second-order valence-corrected chi connectivity index (χ2v) is 6.29. The number of amides is 1. The van der Waals surface area contributed by atoms with Gasteiger partial charge in [0, 0.05) is 25.8 Å². The largest absolute Gasteiger partial charge is 0.387 e. The van der Waals surface area contributed by atoms with Crippen molar-refractivity contribution in [3.8, 4) is 0 Å². The molecule has 1 saturated heterocycles. The van der Waals surface area contributed by atoms with Crippen LogP contribution in [0.4, 0.5) is 5.69 Å². The number of hydrogen-bond acceptors (Lipinski definition) is 2. The van der Waals surface area contributed by atoms with E-state index in [0.717, 1.165) is 36.3 Å². The lowest BCUT2D eigenvalue weighted by molar-refractivity contribution is 0.0584. The highest BCUT2D eigenvalue weighted by molar-refractivity contribution is 5.99. The first-order chi connectivity index (χ1) is 8.93. The van der Waals surface area contributed by atoms with Gasteiger partial charge in [-0.2, -0.15) is 0 Å². The topological polar surface area (TPSA) is 32.3 Å². The van der Waals surface area contributed by atoms with Crippen molar-refractivity contribution in [1.29, 1.82) is 0 Å². The monoisotopic (exact) mass is 260 g/mol. The molecule has 1 aromatic carbocycles. The Morgan fingerprint density at radius 1 is 1.37 bits per heavy atom. The molecule has 3 nitrogen and oxygen atoms in total. The number of piperidine rings is 1. The maximum atomic E-state index is 12.7. The van der Waals surface area contributed by atoms with Gasteiger partial charge in [-0.25, -0.2) is 0 Å². The van der Waals surface area contributed by atoms with Crippen LogP contribution in [0.15, 0.2) is 18.2 Å². The predicted octanol–water partition coefficient (Wildman–Crippen LogP) is 3.30. The van der Waals surface area contributed by atoms with E-state index in [2.05, 4.69) is 19.2 Å². The van der Waals surface area contributed by atoms with Crippen LogP contribution in [0.1, 0.15) is 42.6 Å². The second-order valence-electron chi connectivity index (χ2n) is 6.29. The van der Waals surface area contributed by atoms with Crippen LogP contribution in [0.2, 0.25) is 0 Å². The number of hydrogen-bond donors (Lipinski definition) is 1. The molecule has 0 saturated carbocycles. The third-order valence-corrected chi connectivity index (χ3v) is 3.86. The quantitative estimate of drug-likeness (QED) is 0.885. The highest BCUT2D eigenvalue weighted by Gasteiger charge is 2.30. The Morgan fingerprint density at radius 3 is 2.74 bits per heavy atom. The average molecular weight is 260 g/mol. The van der Waals surface area contributed by atoms with Gasteiger partial charge in [-0.15, -0.1) is 0 Å². The summed E-state index contributed by atoms with van der Waals surface area (Å²) < 4.78 is 0. The van der Waals surface area contributed by atoms with Crippen LogP contribution in [0, 0.1) is 12.3 Å². The van der Waals surface area contributed by atoms with Crippen LogP contribution in [0.25, 0.3) is 0 Å². The van der Waals surface area contributed by atoms with Crippen LogP contribution in [0.5, 0.6) is 0 Å². The standard InChI is InChI=1S/C16H24N2O/c1-12-6-7-14(17-4)13(10-12)15(19)18-9-5-8-16(2,3)11-18/h6-7,10,17H,5,8-9,11H2,1-4H3. The Morgan fingerprint density at radius 2 is 2.11 bits per heavy atom. The number of likely N-dealkylation sites (tertiary alicyclic amines) is 1. The minimum absolute atomic E-state index is 0.154. The summed E-state index contributed by atoms with van der Waals surface area (Å²) in [5.74, 6) is 0.154. The van der Waals surface area contributed by atoms with Gasteiger partial charge < -0.3 is 10.2 Å². The van der Waals surface area contributed by atoms with Crippen LogP contribution in [-0.4, -0.2) is 30.9 Å². The molecule has 0 bridgehead atoms. The summed E-state index contributed by atoms with van der Waals surface area (Å²) in [6, 6.07) is 6.00. The SMILES string of the molecule is CNc1ccc(C)cc1C(=O)N1CCCC(C)(C)C1. The number of benzene rings is 1. The van der Waals surface area contributed by atoms with E-state index >= 15 is 0 Å². The summed E-state index contributed by atoms with van der Waals surface area (Å²) in [7, 11) is 1.86. The van der Waals surface area contributed by atoms with E-state index in [1.54, 1.807) is 0 Å². The third kappa shape index (κ3) is 3.09. The molecule has 1 N–H and O–H groups in total. The van der Waals surface area contributed by atoms with Gasteiger partial charge in [0.25, 0.3) is 5.91 Å². The maximum absolute atomic E-state index is 12.7. The lowest BCUT2D eigenvalue weighted by Crippen LogP contribution is -2.43. The molecule has 0 aliphatic carbocycles. The molecule has 0 aromatic heterocycles. The molecular formula is C16H24N2O. The Balaban J connectivity index is 2.26. The average Bonchev–Trinajstić information content (AvgIpc) is 2.36. The summed E-state index contributed by atoms with van der Waals surface area (Å²) in [4.78, 5) is 14.7. The molecule has 1 aliphatic rings. The molecular weight excluding hydrogens is 236 g/mol. The Hall–Kier alpha value is -1.51. The van der Waals surface area contributed by atoms with Gasteiger partial charge in [-0.3, -0.25) is 4.79 Å². The molecule has 3 heteroatoms. The van der Waals surface area contributed by atoms with Crippen LogP contribution < -0.4 is 5.32 Å². The van der Waals surface area contributed by atoms with Gasteiger partial charge in [0.2, 0.25) is 0 Å². The van der Waals surface area contributed by atoms with Crippen molar-refractivity contribution in [2.75, 3.05) is 25.5 Å². The summed E-state index contributed by atoms with van der Waals surface area (Å²) >= 11 is 0. The van der Waals surface area contributed by atoms with Crippen molar-refractivity contribution in [2.24, 2.45) is 5.41 Å². The molecule has 1 heterocycles. The first-order valence-electron chi connectivity index (χ1n) is 7.01. The van der Waals surface area contributed by atoms with Crippen LogP contribution in [-0.2, 0) is 0 Å². The number of aryl methyl sites for hydroxylation is 1. The zero-order valence-corrected chi connectivity index (χ0v) is 12.4. The van der Waals surface area contributed by atoms with Crippen molar-refractivity contribution in [3.05, 3.63) is 29.3 Å². The van der Waals surface area contributed by atoms with E-state index < -0.39 is 0 Å².